The lowest BCUT2D eigenvalue weighted by molar-refractivity contribution is -0.121. The van der Waals surface area contributed by atoms with Gasteiger partial charge >= 0.3 is 0 Å². The van der Waals surface area contributed by atoms with E-state index < -0.39 is 0 Å². The lowest BCUT2D eigenvalue weighted by atomic mass is 10.0. The molecule has 1 aromatic rings. The van der Waals surface area contributed by atoms with Gasteiger partial charge in [0.15, 0.2) is 0 Å². The van der Waals surface area contributed by atoms with Crippen molar-refractivity contribution in [2.45, 2.75) is 19.9 Å². The molecule has 4 nitrogen and oxygen atoms in total. The predicted molar refractivity (Wildman–Crippen MR) is 78.6 cm³/mol. The molecular weight excluding hydrogens is 238 g/mol. The summed E-state index contributed by atoms with van der Waals surface area (Å²) in [7, 11) is 3.97. The SMILES string of the molecule is CNCC1CN(c2cccc(C)c2C)C(=O)CN1C. The number of benzene rings is 1. The second-order valence-electron chi connectivity index (χ2n) is 5.35. The van der Waals surface area contributed by atoms with Crippen LogP contribution in [0.4, 0.5) is 5.69 Å². The summed E-state index contributed by atoms with van der Waals surface area (Å²) >= 11 is 0. The highest BCUT2D eigenvalue weighted by atomic mass is 16.2. The average Bonchev–Trinajstić information content (AvgIpc) is 2.37. The maximum absolute atomic E-state index is 12.3. The first-order chi connectivity index (χ1) is 9.04. The summed E-state index contributed by atoms with van der Waals surface area (Å²) in [6.07, 6.45) is 0. The summed E-state index contributed by atoms with van der Waals surface area (Å²) < 4.78 is 0. The predicted octanol–water partition coefficient (Wildman–Crippen LogP) is 1.17. The van der Waals surface area contributed by atoms with Gasteiger partial charge in [0.2, 0.25) is 5.91 Å². The Morgan fingerprint density at radius 2 is 2.11 bits per heavy atom. The minimum absolute atomic E-state index is 0.184. The Hall–Kier alpha value is -1.39. The zero-order chi connectivity index (χ0) is 14.0. The monoisotopic (exact) mass is 261 g/mol. The molecule has 0 aliphatic carbocycles. The van der Waals surface area contributed by atoms with E-state index in [0.717, 1.165) is 18.8 Å². The lowest BCUT2D eigenvalue weighted by Crippen LogP contribution is -2.57. The Morgan fingerprint density at radius 1 is 1.37 bits per heavy atom. The summed E-state index contributed by atoms with van der Waals surface area (Å²) in [4.78, 5) is 16.3. The molecule has 1 amide bonds. The Bertz CT molecular complexity index is 472. The van der Waals surface area contributed by atoms with Crippen LogP contribution in [0.2, 0.25) is 0 Å². The van der Waals surface area contributed by atoms with Gasteiger partial charge in [0, 0.05) is 24.8 Å². The fourth-order valence-corrected chi connectivity index (χ4v) is 2.60. The molecule has 1 aliphatic rings. The van der Waals surface area contributed by atoms with Crippen LogP contribution >= 0.6 is 0 Å². The van der Waals surface area contributed by atoms with Crippen molar-refractivity contribution in [3.8, 4) is 0 Å². The van der Waals surface area contributed by atoms with Gasteiger partial charge in [-0.2, -0.15) is 0 Å². The molecule has 0 aromatic heterocycles. The first-order valence-corrected chi connectivity index (χ1v) is 6.76. The Kier molecular flexibility index (Phi) is 4.22. The van der Waals surface area contributed by atoms with E-state index >= 15 is 0 Å². The van der Waals surface area contributed by atoms with Crippen molar-refractivity contribution in [3.05, 3.63) is 29.3 Å². The van der Waals surface area contributed by atoms with E-state index in [4.69, 9.17) is 0 Å². The maximum Gasteiger partial charge on any atom is 0.241 e. The van der Waals surface area contributed by atoms with Gasteiger partial charge in [-0.15, -0.1) is 0 Å². The van der Waals surface area contributed by atoms with Crippen molar-refractivity contribution < 1.29 is 4.79 Å². The fraction of sp³-hybridized carbons (Fsp3) is 0.533. The molecule has 1 aromatic carbocycles. The highest BCUT2D eigenvalue weighted by molar-refractivity contribution is 5.96. The number of anilines is 1. The minimum atomic E-state index is 0.184. The van der Waals surface area contributed by atoms with E-state index in [2.05, 4.69) is 30.1 Å². The van der Waals surface area contributed by atoms with Crippen LogP contribution in [0.15, 0.2) is 18.2 Å². The minimum Gasteiger partial charge on any atom is -0.318 e. The van der Waals surface area contributed by atoms with Crippen molar-refractivity contribution in [1.29, 1.82) is 0 Å². The van der Waals surface area contributed by atoms with Gasteiger partial charge in [-0.05, 0) is 45.1 Å². The molecule has 0 saturated carbocycles. The van der Waals surface area contributed by atoms with Crippen LogP contribution in [-0.2, 0) is 4.79 Å². The van der Waals surface area contributed by atoms with Crippen LogP contribution in [-0.4, -0.2) is 50.6 Å². The Morgan fingerprint density at radius 3 is 2.79 bits per heavy atom. The summed E-state index contributed by atoms with van der Waals surface area (Å²) in [5.41, 5.74) is 3.48. The van der Waals surface area contributed by atoms with Gasteiger partial charge in [-0.1, -0.05) is 12.1 Å². The third-order valence-electron chi connectivity index (χ3n) is 4.01. The number of hydrogen-bond donors (Lipinski definition) is 1. The first-order valence-electron chi connectivity index (χ1n) is 6.76. The molecule has 0 radical (unpaired) electrons. The van der Waals surface area contributed by atoms with Crippen molar-refractivity contribution in [2.75, 3.05) is 38.6 Å². The number of nitrogens with zero attached hydrogens (tertiary/aromatic N) is 2. The van der Waals surface area contributed by atoms with Gasteiger partial charge < -0.3 is 10.2 Å². The zero-order valence-corrected chi connectivity index (χ0v) is 12.2. The molecule has 1 N–H and O–H groups in total. The third kappa shape index (κ3) is 2.80. The van der Waals surface area contributed by atoms with Crippen molar-refractivity contribution in [1.82, 2.24) is 10.2 Å². The lowest BCUT2D eigenvalue weighted by Gasteiger charge is -2.39. The number of carbonyl (C=O) groups excluding carboxylic acids is 1. The number of likely N-dealkylation sites (N-methyl/N-ethyl adjacent to an activating group) is 2. The molecule has 1 fully saturated rings. The van der Waals surface area contributed by atoms with E-state index in [1.165, 1.54) is 11.1 Å². The molecule has 0 bridgehead atoms. The van der Waals surface area contributed by atoms with Crippen LogP contribution in [0.1, 0.15) is 11.1 Å². The van der Waals surface area contributed by atoms with Crippen LogP contribution in [0.25, 0.3) is 0 Å². The molecule has 1 heterocycles. The standard InChI is InChI=1S/C15H23N3O/c1-11-6-5-7-14(12(11)2)18-9-13(8-16-3)17(4)10-15(18)19/h5-7,13,16H,8-10H2,1-4H3. The number of amides is 1. The molecule has 4 heteroatoms. The van der Waals surface area contributed by atoms with Crippen molar-refractivity contribution in [3.63, 3.8) is 0 Å². The second-order valence-corrected chi connectivity index (χ2v) is 5.35. The van der Waals surface area contributed by atoms with Crippen LogP contribution in [0.5, 0.6) is 0 Å². The Labute approximate surface area is 115 Å². The van der Waals surface area contributed by atoms with Gasteiger partial charge in [-0.25, -0.2) is 0 Å². The van der Waals surface area contributed by atoms with Crippen molar-refractivity contribution >= 4 is 11.6 Å². The fourth-order valence-electron chi connectivity index (χ4n) is 2.60. The molecule has 1 atom stereocenters. The van der Waals surface area contributed by atoms with Gasteiger partial charge in [0.25, 0.3) is 0 Å². The summed E-state index contributed by atoms with van der Waals surface area (Å²) in [6.45, 7) is 6.30. The Balaban J connectivity index is 2.27. The van der Waals surface area contributed by atoms with E-state index in [1.54, 1.807) is 0 Å². The largest absolute Gasteiger partial charge is 0.318 e. The quantitative estimate of drug-likeness (QED) is 0.887. The van der Waals surface area contributed by atoms with E-state index in [1.807, 2.05) is 31.1 Å². The summed E-state index contributed by atoms with van der Waals surface area (Å²) in [5.74, 6) is 0.184. The van der Waals surface area contributed by atoms with Crippen LogP contribution < -0.4 is 10.2 Å². The number of aryl methyl sites for hydroxylation is 1. The van der Waals surface area contributed by atoms with E-state index in [-0.39, 0.29) is 5.91 Å². The van der Waals surface area contributed by atoms with Crippen LogP contribution in [0, 0.1) is 13.8 Å². The van der Waals surface area contributed by atoms with Gasteiger partial charge in [0.05, 0.1) is 6.54 Å². The number of carbonyl (C=O) groups is 1. The number of rotatable bonds is 3. The summed E-state index contributed by atoms with van der Waals surface area (Å²) in [6, 6.07) is 6.52. The third-order valence-corrected chi connectivity index (χ3v) is 4.01. The highest BCUT2D eigenvalue weighted by Gasteiger charge is 2.30. The normalized spacial score (nSPS) is 20.9. The molecule has 1 saturated heterocycles. The molecule has 104 valence electrons. The topological polar surface area (TPSA) is 35.6 Å². The smallest absolute Gasteiger partial charge is 0.241 e. The van der Waals surface area contributed by atoms with Crippen molar-refractivity contribution in [2.24, 2.45) is 0 Å². The first kappa shape index (κ1) is 14.0. The number of piperazine rings is 1. The summed E-state index contributed by atoms with van der Waals surface area (Å²) in [5, 5.41) is 3.20. The van der Waals surface area contributed by atoms with Gasteiger partial charge in [-0.3, -0.25) is 9.69 Å². The average molecular weight is 261 g/mol. The van der Waals surface area contributed by atoms with E-state index in [0.29, 0.717) is 12.6 Å². The second kappa shape index (κ2) is 5.72. The molecule has 1 unspecified atom stereocenters. The maximum atomic E-state index is 12.3. The molecule has 2 rings (SSSR count). The van der Waals surface area contributed by atoms with Gasteiger partial charge in [0.1, 0.15) is 0 Å². The zero-order valence-electron chi connectivity index (χ0n) is 12.2. The molecular formula is C15H23N3O. The van der Waals surface area contributed by atoms with Crippen LogP contribution in [0.3, 0.4) is 0 Å². The van der Waals surface area contributed by atoms with E-state index in [9.17, 15) is 4.79 Å². The highest BCUT2D eigenvalue weighted by Crippen LogP contribution is 2.25. The molecule has 1 aliphatic heterocycles. The molecule has 0 spiro atoms. The number of nitrogens with one attached hydrogen (secondary N) is 1. The number of hydrogen-bond acceptors (Lipinski definition) is 3. The molecule has 19 heavy (non-hydrogen) atoms.